The van der Waals surface area contributed by atoms with Gasteiger partial charge in [-0.2, -0.15) is 10.2 Å². The van der Waals surface area contributed by atoms with E-state index in [1.54, 1.807) is 6.20 Å². The topological polar surface area (TPSA) is 55.3 Å². The van der Waals surface area contributed by atoms with Crippen LogP contribution in [0, 0.1) is 11.8 Å². The Labute approximate surface area is 166 Å². The van der Waals surface area contributed by atoms with Gasteiger partial charge in [0.2, 0.25) is 0 Å². The van der Waals surface area contributed by atoms with E-state index in [1.807, 2.05) is 41.3 Å². The molecule has 5 nitrogen and oxygen atoms in total. The molecular weight excluding hydrogens is 350 g/mol. The molecule has 2 aromatic rings. The minimum Gasteiger partial charge on any atom is -0.365 e. The van der Waals surface area contributed by atoms with Gasteiger partial charge in [0.25, 0.3) is 5.91 Å². The first kappa shape index (κ1) is 17.8. The minimum atomic E-state index is -0.332. The molecule has 2 bridgehead atoms. The average Bonchev–Trinajstić information content (AvgIpc) is 3.28. The van der Waals surface area contributed by atoms with Crippen LogP contribution < -0.4 is 0 Å². The number of ether oxygens (including phenoxy) is 1. The van der Waals surface area contributed by atoms with Crippen LogP contribution in [0.4, 0.5) is 0 Å². The van der Waals surface area contributed by atoms with Crippen molar-refractivity contribution in [2.45, 2.75) is 50.7 Å². The van der Waals surface area contributed by atoms with E-state index in [0.29, 0.717) is 24.6 Å². The van der Waals surface area contributed by atoms with Crippen molar-refractivity contribution < 1.29 is 9.53 Å². The Kier molecular flexibility index (Phi) is 4.05. The van der Waals surface area contributed by atoms with E-state index in [-0.39, 0.29) is 17.1 Å². The number of hydrogen-bond acceptors (Lipinski definition) is 4. The summed E-state index contributed by atoms with van der Waals surface area (Å²) in [5.74, 6) is 1.39. The van der Waals surface area contributed by atoms with Gasteiger partial charge in [-0.15, -0.1) is 0 Å². The fourth-order valence-corrected chi connectivity index (χ4v) is 5.73. The van der Waals surface area contributed by atoms with Crippen molar-refractivity contribution in [3.63, 3.8) is 0 Å². The van der Waals surface area contributed by atoms with Crippen molar-refractivity contribution in [2.24, 2.45) is 11.8 Å². The smallest absolute Gasteiger partial charge is 0.255 e. The third-order valence-electron chi connectivity index (χ3n) is 6.69. The molecule has 1 aromatic carbocycles. The van der Waals surface area contributed by atoms with Crippen molar-refractivity contribution in [1.82, 2.24) is 15.1 Å². The summed E-state index contributed by atoms with van der Waals surface area (Å²) < 4.78 is 6.64. The lowest BCUT2D eigenvalue weighted by atomic mass is 9.81. The van der Waals surface area contributed by atoms with Crippen LogP contribution in [0.2, 0.25) is 0 Å². The summed E-state index contributed by atoms with van der Waals surface area (Å²) in [4.78, 5) is 15.4. The maximum absolute atomic E-state index is 13.4. The second-order valence-corrected chi connectivity index (χ2v) is 9.36. The van der Waals surface area contributed by atoms with E-state index in [0.717, 1.165) is 23.6 Å². The van der Waals surface area contributed by atoms with Crippen LogP contribution in [0.25, 0.3) is 11.3 Å². The summed E-state index contributed by atoms with van der Waals surface area (Å²) in [5.41, 5.74) is 1.81. The van der Waals surface area contributed by atoms with E-state index in [4.69, 9.17) is 4.74 Å². The summed E-state index contributed by atoms with van der Waals surface area (Å²) in [6.45, 7) is 5.52. The van der Waals surface area contributed by atoms with Crippen molar-refractivity contribution in [3.05, 3.63) is 48.2 Å². The van der Waals surface area contributed by atoms with Gasteiger partial charge in [-0.1, -0.05) is 30.3 Å². The van der Waals surface area contributed by atoms with Gasteiger partial charge in [-0.05, 0) is 57.4 Å². The average molecular weight is 377 g/mol. The van der Waals surface area contributed by atoms with Gasteiger partial charge in [0.05, 0.1) is 35.2 Å². The SMILES string of the molecule is CC1(C)CN(C(=O)c2cnnc(-c3ccccc3)c2)C[C@]2(C[C@@H]3CC[C@H]2C3)O1. The Hall–Kier alpha value is -2.27. The fraction of sp³-hybridized carbons (Fsp3) is 0.522. The standard InChI is InChI=1S/C23H27N3O2/c1-22(2)14-26(15-23(28-22)12-16-8-9-19(23)10-16)21(27)18-11-20(25-24-13-18)17-6-4-3-5-7-17/h3-7,11,13,16,19H,8-10,12,14-15H2,1-2H3/t16-,19+,23+/m1/s1. The van der Waals surface area contributed by atoms with Crippen molar-refractivity contribution >= 4 is 5.91 Å². The zero-order valence-electron chi connectivity index (χ0n) is 16.6. The third-order valence-corrected chi connectivity index (χ3v) is 6.69. The molecule has 2 saturated carbocycles. The summed E-state index contributed by atoms with van der Waals surface area (Å²) in [6, 6.07) is 11.7. The molecule has 0 N–H and O–H groups in total. The molecule has 2 aliphatic carbocycles. The normalized spacial score (nSPS) is 30.7. The predicted molar refractivity (Wildman–Crippen MR) is 107 cm³/mol. The molecule has 1 aromatic heterocycles. The first-order valence-electron chi connectivity index (χ1n) is 10.3. The lowest BCUT2D eigenvalue weighted by Gasteiger charge is -2.52. The van der Waals surface area contributed by atoms with Gasteiger partial charge in [-0.25, -0.2) is 0 Å². The van der Waals surface area contributed by atoms with Crippen LogP contribution in [0.3, 0.4) is 0 Å². The number of morpholine rings is 1. The van der Waals surface area contributed by atoms with Gasteiger partial charge in [0.1, 0.15) is 0 Å². The molecule has 3 aliphatic rings. The molecule has 28 heavy (non-hydrogen) atoms. The Morgan fingerprint density at radius 3 is 2.71 bits per heavy atom. The van der Waals surface area contributed by atoms with E-state index < -0.39 is 0 Å². The minimum absolute atomic E-state index is 0.0330. The van der Waals surface area contributed by atoms with Crippen molar-refractivity contribution in [1.29, 1.82) is 0 Å². The van der Waals surface area contributed by atoms with Crippen LogP contribution in [0.5, 0.6) is 0 Å². The van der Waals surface area contributed by atoms with Crippen LogP contribution in [0.1, 0.15) is 49.9 Å². The second kappa shape index (κ2) is 6.38. The number of carbonyl (C=O) groups excluding carboxylic acids is 1. The molecule has 1 amide bonds. The lowest BCUT2D eigenvalue weighted by molar-refractivity contribution is -0.208. The quantitative estimate of drug-likeness (QED) is 0.795. The van der Waals surface area contributed by atoms with E-state index in [1.165, 1.54) is 19.3 Å². The first-order valence-corrected chi connectivity index (χ1v) is 10.3. The fourth-order valence-electron chi connectivity index (χ4n) is 5.73. The van der Waals surface area contributed by atoms with Crippen LogP contribution in [-0.2, 0) is 4.74 Å². The number of nitrogens with zero attached hydrogens (tertiary/aromatic N) is 3. The molecule has 3 atom stereocenters. The van der Waals surface area contributed by atoms with E-state index >= 15 is 0 Å². The van der Waals surface area contributed by atoms with E-state index in [2.05, 4.69) is 24.0 Å². The van der Waals surface area contributed by atoms with Gasteiger partial charge in [0.15, 0.2) is 0 Å². The summed E-state index contributed by atoms with van der Waals surface area (Å²) in [6.07, 6.45) is 6.49. The van der Waals surface area contributed by atoms with Crippen molar-refractivity contribution in [3.8, 4) is 11.3 Å². The van der Waals surface area contributed by atoms with E-state index in [9.17, 15) is 4.79 Å². The molecular formula is C23H27N3O2. The number of fused-ring (bicyclic) bond motifs is 3. The highest BCUT2D eigenvalue weighted by Gasteiger charge is 2.57. The molecule has 1 saturated heterocycles. The number of aromatic nitrogens is 2. The van der Waals surface area contributed by atoms with Crippen LogP contribution >= 0.6 is 0 Å². The van der Waals surface area contributed by atoms with Crippen LogP contribution in [0.15, 0.2) is 42.6 Å². The summed E-state index contributed by atoms with van der Waals surface area (Å²) >= 11 is 0. The first-order chi connectivity index (χ1) is 13.4. The van der Waals surface area contributed by atoms with Gasteiger partial charge in [-0.3, -0.25) is 4.79 Å². The molecule has 1 spiro atoms. The highest BCUT2D eigenvalue weighted by Crippen LogP contribution is 2.55. The van der Waals surface area contributed by atoms with Gasteiger partial charge in [0, 0.05) is 12.1 Å². The van der Waals surface area contributed by atoms with Crippen molar-refractivity contribution in [2.75, 3.05) is 13.1 Å². The predicted octanol–water partition coefficient (Wildman–Crippen LogP) is 3.95. The molecule has 0 unspecified atom stereocenters. The number of benzene rings is 1. The van der Waals surface area contributed by atoms with Gasteiger partial charge < -0.3 is 9.64 Å². The number of hydrogen-bond donors (Lipinski definition) is 0. The molecule has 2 heterocycles. The number of amides is 1. The highest BCUT2D eigenvalue weighted by molar-refractivity contribution is 5.95. The molecule has 0 radical (unpaired) electrons. The molecule has 3 fully saturated rings. The number of carbonyl (C=O) groups is 1. The maximum Gasteiger partial charge on any atom is 0.255 e. The van der Waals surface area contributed by atoms with Gasteiger partial charge >= 0.3 is 0 Å². The summed E-state index contributed by atoms with van der Waals surface area (Å²) in [7, 11) is 0. The molecule has 146 valence electrons. The second-order valence-electron chi connectivity index (χ2n) is 9.36. The maximum atomic E-state index is 13.4. The number of rotatable bonds is 2. The lowest BCUT2D eigenvalue weighted by Crippen LogP contribution is -2.62. The molecule has 1 aliphatic heterocycles. The van der Waals surface area contributed by atoms with Crippen LogP contribution in [-0.4, -0.2) is 45.3 Å². The summed E-state index contributed by atoms with van der Waals surface area (Å²) in [5, 5.41) is 8.33. The zero-order chi connectivity index (χ0) is 19.4. The largest absolute Gasteiger partial charge is 0.365 e. The highest BCUT2D eigenvalue weighted by atomic mass is 16.5. The Balaban J connectivity index is 1.43. The molecule has 5 heteroatoms. The Morgan fingerprint density at radius 2 is 2.00 bits per heavy atom. The zero-order valence-corrected chi connectivity index (χ0v) is 16.6. The molecule has 5 rings (SSSR count). The monoisotopic (exact) mass is 377 g/mol. The Morgan fingerprint density at radius 1 is 1.18 bits per heavy atom. The Bertz CT molecular complexity index is 898. The third kappa shape index (κ3) is 3.02.